The molecule has 4 nitrogen and oxygen atoms in total. The summed E-state index contributed by atoms with van der Waals surface area (Å²) >= 11 is 0. The van der Waals surface area contributed by atoms with E-state index in [1.807, 2.05) is 49.8 Å². The van der Waals surface area contributed by atoms with E-state index in [0.717, 1.165) is 82.4 Å². The van der Waals surface area contributed by atoms with Gasteiger partial charge < -0.3 is 4.57 Å². The number of nitriles is 1. The van der Waals surface area contributed by atoms with Crippen LogP contribution in [0.5, 0.6) is 0 Å². The number of nitrogens with zero attached hydrogens (tertiary/aromatic N) is 4. The number of aliphatic imine (C=N–C) groups is 1. The van der Waals surface area contributed by atoms with Crippen molar-refractivity contribution in [1.29, 1.82) is 5.26 Å². The molecule has 52 heavy (non-hydrogen) atoms. The number of pyridine rings is 1. The second kappa shape index (κ2) is 12.7. The molecule has 4 heteroatoms. The molecule has 0 atom stereocenters. The first kappa shape index (κ1) is 30.9. The SMILES string of the molecule is C=N/C=C(\C=C/C)c1c2ccccc2c(-c2cccnc2)c2cc(-c3ccc4c(c3)c3cc(C#N)ccc3n4-c3cccc4ccccc34)ccc12. The van der Waals surface area contributed by atoms with Crippen LogP contribution < -0.4 is 0 Å². The van der Waals surface area contributed by atoms with Gasteiger partial charge in [0, 0.05) is 45.9 Å². The molecular weight excluding hydrogens is 633 g/mol. The fraction of sp³-hybridized carbons (Fsp3) is 0.0208. The zero-order valence-electron chi connectivity index (χ0n) is 28.6. The Balaban J connectivity index is 1.35. The Morgan fingerprint density at radius 2 is 1.37 bits per heavy atom. The molecule has 0 radical (unpaired) electrons. The van der Waals surface area contributed by atoms with Gasteiger partial charge in [0.25, 0.3) is 0 Å². The van der Waals surface area contributed by atoms with Gasteiger partial charge in [0.15, 0.2) is 0 Å². The molecule has 0 aliphatic rings. The van der Waals surface area contributed by atoms with Gasteiger partial charge >= 0.3 is 0 Å². The number of hydrogen-bond donors (Lipinski definition) is 0. The summed E-state index contributed by atoms with van der Waals surface area (Å²) in [4.78, 5) is 8.73. The topological polar surface area (TPSA) is 54.0 Å². The Hall–Kier alpha value is -7.09. The summed E-state index contributed by atoms with van der Waals surface area (Å²) in [6.07, 6.45) is 9.75. The van der Waals surface area contributed by atoms with E-state index in [0.29, 0.717) is 5.56 Å². The normalized spacial score (nSPS) is 12.0. The quantitative estimate of drug-likeness (QED) is 0.101. The molecule has 9 rings (SSSR count). The predicted octanol–water partition coefficient (Wildman–Crippen LogP) is 12.5. The molecule has 0 aliphatic carbocycles. The summed E-state index contributed by atoms with van der Waals surface area (Å²) in [6.45, 7) is 5.82. The maximum Gasteiger partial charge on any atom is 0.0991 e. The Labute approximate surface area is 301 Å². The second-order valence-corrected chi connectivity index (χ2v) is 13.0. The minimum atomic E-state index is 0.639. The van der Waals surface area contributed by atoms with Gasteiger partial charge in [0.1, 0.15) is 0 Å². The first-order valence-corrected chi connectivity index (χ1v) is 17.3. The molecule has 0 spiro atoms. The first-order chi connectivity index (χ1) is 25.7. The minimum absolute atomic E-state index is 0.639. The van der Waals surface area contributed by atoms with Crippen molar-refractivity contribution in [3.8, 4) is 34.0 Å². The van der Waals surface area contributed by atoms with Crippen LogP contribution in [0.1, 0.15) is 18.1 Å². The van der Waals surface area contributed by atoms with Crippen LogP contribution in [0.3, 0.4) is 0 Å². The summed E-state index contributed by atoms with van der Waals surface area (Å²) in [7, 11) is 0. The van der Waals surface area contributed by atoms with E-state index in [-0.39, 0.29) is 0 Å². The standard InChI is InChI=1S/C48H32N4/c1-3-10-35(29-50-2)47-38-15-6-7-16-39(38)48(36-13-9-24-51-30-36)43-27-33(19-21-40(43)47)34-20-23-46-42(26-34)41-25-31(28-49)18-22-45(41)52(46)44-17-8-12-32-11-4-5-14-37(32)44/h3-27,29-30H,2H2,1H3/b10-3-,35-29+. The number of rotatable bonds is 6. The number of allylic oxidation sites excluding steroid dienone is 3. The van der Waals surface area contributed by atoms with Gasteiger partial charge in [-0.25, -0.2) is 0 Å². The molecule has 7 aromatic carbocycles. The van der Waals surface area contributed by atoms with Crippen molar-refractivity contribution in [2.75, 3.05) is 0 Å². The Morgan fingerprint density at radius 3 is 2.13 bits per heavy atom. The Bertz CT molecular complexity index is 2990. The number of hydrogen-bond acceptors (Lipinski definition) is 3. The van der Waals surface area contributed by atoms with Crippen molar-refractivity contribution >= 4 is 66.4 Å². The number of fused-ring (bicyclic) bond motifs is 6. The fourth-order valence-electron chi connectivity index (χ4n) is 7.89. The molecule has 244 valence electrons. The second-order valence-electron chi connectivity index (χ2n) is 13.0. The van der Waals surface area contributed by atoms with E-state index in [9.17, 15) is 5.26 Å². The zero-order chi connectivity index (χ0) is 35.2. The third kappa shape index (κ3) is 4.91. The smallest absolute Gasteiger partial charge is 0.0991 e. The molecule has 2 aromatic heterocycles. The summed E-state index contributed by atoms with van der Waals surface area (Å²) in [5.41, 5.74) is 10.4. The lowest BCUT2D eigenvalue weighted by Gasteiger charge is -2.19. The highest BCUT2D eigenvalue weighted by Crippen LogP contribution is 2.44. The molecule has 0 fully saturated rings. The lowest BCUT2D eigenvalue weighted by atomic mass is 9.85. The van der Waals surface area contributed by atoms with Crippen molar-refractivity contribution in [1.82, 2.24) is 9.55 Å². The van der Waals surface area contributed by atoms with Gasteiger partial charge in [-0.1, -0.05) is 97.1 Å². The lowest BCUT2D eigenvalue weighted by molar-refractivity contribution is 1.20. The highest BCUT2D eigenvalue weighted by atomic mass is 15.0. The summed E-state index contributed by atoms with van der Waals surface area (Å²) in [5, 5.41) is 19.0. The van der Waals surface area contributed by atoms with Crippen LogP contribution in [0.2, 0.25) is 0 Å². The molecule has 0 N–H and O–H groups in total. The molecule has 9 aromatic rings. The van der Waals surface area contributed by atoms with Crippen molar-refractivity contribution in [3.05, 3.63) is 175 Å². The molecule has 0 saturated heterocycles. The lowest BCUT2D eigenvalue weighted by Crippen LogP contribution is -1.95. The molecule has 0 amide bonds. The van der Waals surface area contributed by atoms with E-state index in [2.05, 4.69) is 149 Å². The van der Waals surface area contributed by atoms with Gasteiger partial charge in [-0.2, -0.15) is 5.26 Å². The maximum atomic E-state index is 9.91. The van der Waals surface area contributed by atoms with E-state index < -0.39 is 0 Å². The maximum absolute atomic E-state index is 9.91. The zero-order valence-corrected chi connectivity index (χ0v) is 28.6. The van der Waals surface area contributed by atoms with Gasteiger partial charge in [0.2, 0.25) is 0 Å². The van der Waals surface area contributed by atoms with Crippen LogP contribution in [0, 0.1) is 11.3 Å². The van der Waals surface area contributed by atoms with Crippen molar-refractivity contribution in [2.45, 2.75) is 6.92 Å². The number of aromatic nitrogens is 2. The third-order valence-electron chi connectivity index (χ3n) is 10.1. The van der Waals surface area contributed by atoms with Gasteiger partial charge in [0.05, 0.1) is 28.4 Å². The Morgan fingerprint density at radius 1 is 0.673 bits per heavy atom. The van der Waals surface area contributed by atoms with Crippen molar-refractivity contribution in [2.24, 2.45) is 4.99 Å². The molecule has 0 aliphatic heterocycles. The van der Waals surface area contributed by atoms with Crippen LogP contribution >= 0.6 is 0 Å². The highest BCUT2D eigenvalue weighted by molar-refractivity contribution is 6.20. The van der Waals surface area contributed by atoms with Crippen molar-refractivity contribution < 1.29 is 0 Å². The van der Waals surface area contributed by atoms with Crippen molar-refractivity contribution in [3.63, 3.8) is 0 Å². The summed E-state index contributed by atoms with van der Waals surface area (Å²) in [5.74, 6) is 0. The van der Waals surface area contributed by atoms with Gasteiger partial charge in [-0.15, -0.1) is 0 Å². The van der Waals surface area contributed by atoms with Gasteiger partial charge in [-0.3, -0.25) is 9.98 Å². The number of benzene rings is 7. The first-order valence-electron chi connectivity index (χ1n) is 17.3. The van der Waals surface area contributed by atoms with Crippen LogP contribution in [0.15, 0.2) is 169 Å². The molecule has 0 bridgehead atoms. The fourth-order valence-corrected chi connectivity index (χ4v) is 7.89. The molecule has 2 heterocycles. The third-order valence-corrected chi connectivity index (χ3v) is 10.1. The van der Waals surface area contributed by atoms with Gasteiger partial charge in [-0.05, 0) is 111 Å². The van der Waals surface area contributed by atoms with Crippen LogP contribution in [0.25, 0.3) is 87.6 Å². The minimum Gasteiger partial charge on any atom is -0.309 e. The Kier molecular flexibility index (Phi) is 7.53. The molecular formula is C48H32N4. The van der Waals surface area contributed by atoms with E-state index in [4.69, 9.17) is 0 Å². The van der Waals surface area contributed by atoms with E-state index >= 15 is 0 Å². The summed E-state index contributed by atoms with van der Waals surface area (Å²) in [6, 6.07) is 49.5. The average molecular weight is 665 g/mol. The van der Waals surface area contributed by atoms with Crippen LogP contribution in [-0.2, 0) is 0 Å². The highest BCUT2D eigenvalue weighted by Gasteiger charge is 2.19. The molecule has 0 unspecified atom stereocenters. The van der Waals surface area contributed by atoms with E-state index in [1.54, 1.807) is 0 Å². The van der Waals surface area contributed by atoms with Crippen LogP contribution in [0.4, 0.5) is 0 Å². The van der Waals surface area contributed by atoms with E-state index in [1.165, 1.54) is 10.8 Å². The predicted molar refractivity (Wildman–Crippen MR) is 219 cm³/mol. The molecule has 0 saturated carbocycles. The van der Waals surface area contributed by atoms with Crippen LogP contribution in [-0.4, -0.2) is 16.3 Å². The monoisotopic (exact) mass is 664 g/mol. The summed E-state index contributed by atoms with van der Waals surface area (Å²) < 4.78 is 2.33. The largest absolute Gasteiger partial charge is 0.309 e. The average Bonchev–Trinajstić information content (AvgIpc) is 3.52.